The lowest BCUT2D eigenvalue weighted by Crippen LogP contribution is -2.20. The second-order valence-electron chi connectivity index (χ2n) is 5.86. The van der Waals surface area contributed by atoms with Gasteiger partial charge >= 0.3 is 0 Å². The van der Waals surface area contributed by atoms with Gasteiger partial charge in [-0.2, -0.15) is 0 Å². The summed E-state index contributed by atoms with van der Waals surface area (Å²) >= 11 is 7.07. The van der Waals surface area contributed by atoms with Gasteiger partial charge in [0.25, 0.3) is 5.56 Å². The van der Waals surface area contributed by atoms with Crippen molar-refractivity contribution < 1.29 is 9.53 Å². The first-order valence-electron chi connectivity index (χ1n) is 8.50. The average Bonchev–Trinajstić information content (AvgIpc) is 3.00. The molecule has 0 radical (unpaired) electrons. The van der Waals surface area contributed by atoms with Gasteiger partial charge in [-0.1, -0.05) is 30.7 Å². The molecule has 138 valence electrons. The number of nitrogens with one attached hydrogen (secondary N) is 1. The molecule has 3 rings (SSSR count). The zero-order valence-electron chi connectivity index (χ0n) is 14.7. The number of thiazole rings is 1. The second-order valence-corrected chi connectivity index (χ2v) is 7.38. The first-order chi connectivity index (χ1) is 13.0. The maximum Gasteiger partial charge on any atom is 0.266 e. The Bertz CT molecular complexity index is 1100. The normalized spacial score (nSPS) is 12.4. The summed E-state index contributed by atoms with van der Waals surface area (Å²) in [5.41, 5.74) is 1.19. The molecule has 27 heavy (non-hydrogen) atoms. The van der Waals surface area contributed by atoms with E-state index in [4.69, 9.17) is 16.3 Å². The second kappa shape index (κ2) is 8.84. The summed E-state index contributed by atoms with van der Waals surface area (Å²) < 4.78 is 6.59. The van der Waals surface area contributed by atoms with Gasteiger partial charge in [0.05, 0.1) is 15.8 Å². The van der Waals surface area contributed by atoms with Gasteiger partial charge in [0, 0.05) is 16.7 Å². The molecule has 0 saturated heterocycles. The van der Waals surface area contributed by atoms with Crippen LogP contribution in [0.1, 0.15) is 29.3 Å². The minimum Gasteiger partial charge on any atom is -0.494 e. The smallest absolute Gasteiger partial charge is 0.266 e. The molecule has 0 aliphatic carbocycles. The summed E-state index contributed by atoms with van der Waals surface area (Å²) in [7, 11) is 0. The van der Waals surface area contributed by atoms with Gasteiger partial charge in [0.1, 0.15) is 5.75 Å². The van der Waals surface area contributed by atoms with Gasteiger partial charge in [-0.3, -0.25) is 9.59 Å². The fourth-order valence-corrected chi connectivity index (χ4v) is 3.38. The van der Waals surface area contributed by atoms with E-state index in [0.29, 0.717) is 26.4 Å². The number of H-pyrrole nitrogens is 1. The van der Waals surface area contributed by atoms with E-state index in [1.165, 1.54) is 17.4 Å². The molecule has 0 aliphatic rings. The number of ketones is 1. The van der Waals surface area contributed by atoms with Crippen LogP contribution in [0.5, 0.6) is 5.75 Å². The maximum atomic E-state index is 12.3. The van der Waals surface area contributed by atoms with Crippen LogP contribution in [0.15, 0.2) is 53.3 Å². The van der Waals surface area contributed by atoms with Crippen LogP contribution in [0.4, 0.5) is 0 Å². The number of Topliss-reactive ketones (excluding diaryl/α,β-unsaturated/α-hetero) is 1. The van der Waals surface area contributed by atoms with Crippen molar-refractivity contribution in [2.45, 2.75) is 13.3 Å². The molecule has 0 fully saturated rings. The summed E-state index contributed by atoms with van der Waals surface area (Å²) in [5.74, 6) is 0.616. The Hall–Kier alpha value is -2.63. The van der Waals surface area contributed by atoms with Gasteiger partial charge in [0.2, 0.25) is 0 Å². The zero-order valence-corrected chi connectivity index (χ0v) is 16.3. The van der Waals surface area contributed by atoms with E-state index < -0.39 is 0 Å². The van der Waals surface area contributed by atoms with Crippen LogP contribution in [0.2, 0.25) is 5.02 Å². The van der Waals surface area contributed by atoms with Crippen LogP contribution in [0.3, 0.4) is 0 Å². The third-order valence-electron chi connectivity index (χ3n) is 3.72. The molecule has 1 heterocycles. The van der Waals surface area contributed by atoms with Crippen LogP contribution >= 0.6 is 22.9 Å². The molecule has 4 nitrogen and oxygen atoms in total. The van der Waals surface area contributed by atoms with Crippen molar-refractivity contribution in [1.82, 2.24) is 4.98 Å². The Balaban J connectivity index is 1.85. The van der Waals surface area contributed by atoms with E-state index in [9.17, 15) is 9.59 Å². The third kappa shape index (κ3) is 5.18. The quantitative estimate of drug-likeness (QED) is 0.646. The number of carbonyl (C=O) groups is 1. The molecule has 1 aromatic heterocycles. The molecule has 1 N–H and O–H groups in total. The Morgan fingerprint density at radius 2 is 1.85 bits per heavy atom. The monoisotopic (exact) mass is 399 g/mol. The van der Waals surface area contributed by atoms with Crippen molar-refractivity contribution in [2.24, 2.45) is 0 Å². The molecular weight excluding hydrogens is 382 g/mol. The Kier molecular flexibility index (Phi) is 6.27. The molecule has 6 heteroatoms. The Labute approximate surface area is 165 Å². The molecular formula is C21H18ClNO3S. The largest absolute Gasteiger partial charge is 0.494 e. The molecule has 3 aromatic rings. The molecule has 0 atom stereocenters. The highest BCUT2D eigenvalue weighted by molar-refractivity contribution is 7.07. The lowest BCUT2D eigenvalue weighted by atomic mass is 10.1. The summed E-state index contributed by atoms with van der Waals surface area (Å²) in [5, 5.41) is 0.569. The number of aromatic nitrogens is 1. The SMILES string of the molecule is CCCOc1ccc(/C=c2\s/c(=C\C(=O)c3ccc(Cl)cc3)[nH]c2=O)cc1. The lowest BCUT2D eigenvalue weighted by molar-refractivity contribution is 0.106. The molecule has 0 saturated carbocycles. The van der Waals surface area contributed by atoms with Crippen LogP contribution in [-0.2, 0) is 0 Å². The van der Waals surface area contributed by atoms with E-state index in [1.807, 2.05) is 24.3 Å². The lowest BCUT2D eigenvalue weighted by Gasteiger charge is -2.03. The van der Waals surface area contributed by atoms with Gasteiger partial charge in [-0.25, -0.2) is 0 Å². The van der Waals surface area contributed by atoms with Crippen molar-refractivity contribution in [3.63, 3.8) is 0 Å². The number of aromatic amines is 1. The summed E-state index contributed by atoms with van der Waals surface area (Å²) in [6, 6.07) is 14.2. The summed E-state index contributed by atoms with van der Waals surface area (Å²) in [6.45, 7) is 2.73. The number of halogens is 1. The minimum atomic E-state index is -0.221. The van der Waals surface area contributed by atoms with E-state index in [0.717, 1.165) is 17.7 Å². The Morgan fingerprint density at radius 1 is 1.15 bits per heavy atom. The molecule has 0 unspecified atom stereocenters. The van der Waals surface area contributed by atoms with Crippen LogP contribution in [-0.4, -0.2) is 17.4 Å². The molecule has 0 amide bonds. The number of hydrogen-bond donors (Lipinski definition) is 1. The highest BCUT2D eigenvalue weighted by Gasteiger charge is 2.03. The van der Waals surface area contributed by atoms with Gasteiger partial charge in [-0.15, -0.1) is 11.3 Å². The predicted octanol–water partition coefficient (Wildman–Crippen LogP) is 3.37. The number of carbonyl (C=O) groups excluding carboxylic acids is 1. The van der Waals surface area contributed by atoms with E-state index in [-0.39, 0.29) is 11.3 Å². The first kappa shape index (κ1) is 19.1. The predicted molar refractivity (Wildman–Crippen MR) is 110 cm³/mol. The highest BCUT2D eigenvalue weighted by atomic mass is 35.5. The van der Waals surface area contributed by atoms with Crippen molar-refractivity contribution in [2.75, 3.05) is 6.61 Å². The fourth-order valence-electron chi connectivity index (χ4n) is 2.37. The molecule has 0 aliphatic heterocycles. The van der Waals surface area contributed by atoms with Crippen molar-refractivity contribution in [1.29, 1.82) is 0 Å². The fraction of sp³-hybridized carbons (Fsp3) is 0.143. The number of ether oxygens (including phenoxy) is 1. The van der Waals surface area contributed by atoms with E-state index in [1.54, 1.807) is 30.3 Å². The van der Waals surface area contributed by atoms with Crippen LogP contribution < -0.4 is 19.5 Å². The molecule has 2 aromatic carbocycles. The highest BCUT2D eigenvalue weighted by Crippen LogP contribution is 2.13. The van der Waals surface area contributed by atoms with Crippen molar-refractivity contribution in [3.8, 4) is 5.75 Å². The first-order valence-corrected chi connectivity index (χ1v) is 9.70. The zero-order chi connectivity index (χ0) is 19.2. The number of hydrogen-bond acceptors (Lipinski definition) is 4. The third-order valence-corrected chi connectivity index (χ3v) is 4.94. The van der Waals surface area contributed by atoms with Gasteiger partial charge in [-0.05, 0) is 54.5 Å². The summed E-state index contributed by atoms with van der Waals surface area (Å²) in [4.78, 5) is 27.2. The molecule has 0 spiro atoms. The Morgan fingerprint density at radius 3 is 2.52 bits per heavy atom. The number of rotatable bonds is 6. The summed E-state index contributed by atoms with van der Waals surface area (Å²) in [6.07, 6.45) is 4.16. The van der Waals surface area contributed by atoms with Crippen molar-refractivity contribution >= 4 is 40.9 Å². The topological polar surface area (TPSA) is 59.2 Å². The number of benzene rings is 2. The standard InChI is InChI=1S/C21H18ClNO3S/c1-2-11-26-17-9-3-14(4-10-17)12-19-21(25)23-20(27-19)13-18(24)15-5-7-16(22)8-6-15/h3-10,12-13H,2,11H2,1H3,(H,23,25)/b19-12-,20-13-. The van der Waals surface area contributed by atoms with Gasteiger partial charge in [0.15, 0.2) is 5.78 Å². The molecule has 0 bridgehead atoms. The van der Waals surface area contributed by atoms with Gasteiger partial charge < -0.3 is 9.72 Å². The van der Waals surface area contributed by atoms with E-state index >= 15 is 0 Å². The van der Waals surface area contributed by atoms with E-state index in [2.05, 4.69) is 11.9 Å². The van der Waals surface area contributed by atoms with Crippen molar-refractivity contribution in [3.05, 3.63) is 84.2 Å². The van der Waals surface area contributed by atoms with Crippen LogP contribution in [0, 0.1) is 0 Å². The van der Waals surface area contributed by atoms with Crippen LogP contribution in [0.25, 0.3) is 12.2 Å². The average molecular weight is 400 g/mol. The maximum absolute atomic E-state index is 12.3. The minimum absolute atomic E-state index is 0.187.